The highest BCUT2D eigenvalue weighted by Crippen LogP contribution is 2.45. The molecule has 1 heterocycles. The van der Waals surface area contributed by atoms with Crippen LogP contribution in [0.25, 0.3) is 0 Å². The van der Waals surface area contributed by atoms with Crippen LogP contribution in [0.1, 0.15) is 31.2 Å². The number of nitrogens with one attached hydrogen (secondary N) is 1. The number of nitrogen functional groups attached to an aromatic ring is 1. The summed E-state index contributed by atoms with van der Waals surface area (Å²) in [5.41, 5.74) is 6.71. The first-order chi connectivity index (χ1) is 7.74. The summed E-state index contributed by atoms with van der Waals surface area (Å²) in [7, 11) is 0. The molecule has 2 fully saturated rings. The Labute approximate surface area is 95.7 Å². The smallest absolute Gasteiger partial charge is 0.221 e. The maximum absolute atomic E-state index is 5.62. The molecule has 2 saturated carbocycles. The second-order valence-electron chi connectivity index (χ2n) is 5.10. The predicted molar refractivity (Wildman–Crippen MR) is 64.0 cm³/mol. The molecule has 2 aliphatic carbocycles. The van der Waals surface area contributed by atoms with Crippen LogP contribution in [0, 0.1) is 18.8 Å². The van der Waals surface area contributed by atoms with Crippen molar-refractivity contribution >= 4 is 11.8 Å². The molecular formula is C12H18N4. The number of nitrogens with two attached hydrogens (primary N) is 1. The Balaban J connectivity index is 1.78. The number of aryl methyl sites for hydroxylation is 1. The molecule has 3 rings (SSSR count). The fraction of sp³-hybridized carbons (Fsp3) is 0.667. The number of aromatic nitrogens is 2. The number of hydrogen-bond donors (Lipinski definition) is 2. The molecule has 0 saturated heterocycles. The van der Waals surface area contributed by atoms with Crippen LogP contribution >= 0.6 is 0 Å². The van der Waals surface area contributed by atoms with E-state index in [1.54, 1.807) is 6.20 Å². The minimum atomic E-state index is 0.360. The summed E-state index contributed by atoms with van der Waals surface area (Å²) < 4.78 is 0. The maximum atomic E-state index is 5.62. The topological polar surface area (TPSA) is 63.8 Å². The van der Waals surface area contributed by atoms with Crippen molar-refractivity contribution in [1.29, 1.82) is 0 Å². The van der Waals surface area contributed by atoms with Gasteiger partial charge in [-0.15, -0.1) is 0 Å². The minimum absolute atomic E-state index is 0.360. The Hall–Kier alpha value is -1.32. The largest absolute Gasteiger partial charge is 0.368 e. The van der Waals surface area contributed by atoms with Crippen molar-refractivity contribution in [3.63, 3.8) is 0 Å². The van der Waals surface area contributed by atoms with Gasteiger partial charge in [-0.2, -0.15) is 4.98 Å². The van der Waals surface area contributed by atoms with Gasteiger partial charge in [0.1, 0.15) is 5.82 Å². The molecule has 0 aromatic carbocycles. The van der Waals surface area contributed by atoms with Gasteiger partial charge in [0.2, 0.25) is 5.95 Å². The number of nitrogens with zero attached hydrogens (tertiary/aromatic N) is 2. The van der Waals surface area contributed by atoms with Gasteiger partial charge in [0.15, 0.2) is 0 Å². The lowest BCUT2D eigenvalue weighted by Crippen LogP contribution is -2.25. The Morgan fingerprint density at radius 3 is 2.50 bits per heavy atom. The highest BCUT2D eigenvalue weighted by atomic mass is 15.1. The van der Waals surface area contributed by atoms with Crippen LogP contribution in [0.15, 0.2) is 6.20 Å². The van der Waals surface area contributed by atoms with Crippen molar-refractivity contribution in [2.75, 3.05) is 11.1 Å². The van der Waals surface area contributed by atoms with Crippen LogP contribution in [-0.2, 0) is 0 Å². The van der Waals surface area contributed by atoms with Gasteiger partial charge in [-0.25, -0.2) is 4.98 Å². The van der Waals surface area contributed by atoms with Gasteiger partial charge >= 0.3 is 0 Å². The standard InChI is InChI=1S/C12H18N4/c1-7-6-14-12(13)16-11(7)15-10(8-2-3-8)9-4-5-9/h6,8-10H,2-5H2,1H3,(H3,13,14,15,16). The quantitative estimate of drug-likeness (QED) is 0.811. The number of rotatable bonds is 4. The molecule has 0 atom stereocenters. The fourth-order valence-electron chi connectivity index (χ4n) is 2.29. The van der Waals surface area contributed by atoms with Crippen molar-refractivity contribution < 1.29 is 0 Å². The molecule has 86 valence electrons. The van der Waals surface area contributed by atoms with Gasteiger partial charge < -0.3 is 11.1 Å². The van der Waals surface area contributed by atoms with E-state index in [9.17, 15) is 0 Å². The molecule has 4 nitrogen and oxygen atoms in total. The van der Waals surface area contributed by atoms with Crippen LogP contribution < -0.4 is 11.1 Å². The molecule has 0 amide bonds. The van der Waals surface area contributed by atoms with Gasteiger partial charge in [0, 0.05) is 17.8 Å². The summed E-state index contributed by atoms with van der Waals surface area (Å²) in [6.07, 6.45) is 7.27. The molecule has 0 aliphatic heterocycles. The maximum Gasteiger partial charge on any atom is 0.221 e. The first-order valence-electron chi connectivity index (χ1n) is 6.09. The third-order valence-electron chi connectivity index (χ3n) is 3.55. The van der Waals surface area contributed by atoms with Crippen LogP contribution in [0.2, 0.25) is 0 Å². The first-order valence-corrected chi connectivity index (χ1v) is 6.09. The third-order valence-corrected chi connectivity index (χ3v) is 3.55. The number of anilines is 2. The normalized spacial score (nSPS) is 20.1. The Morgan fingerprint density at radius 1 is 1.31 bits per heavy atom. The van der Waals surface area contributed by atoms with E-state index in [4.69, 9.17) is 5.73 Å². The van der Waals surface area contributed by atoms with Crippen LogP contribution in [0.4, 0.5) is 11.8 Å². The molecule has 2 aliphatic rings. The SMILES string of the molecule is Cc1cnc(N)nc1NC(C1CC1)C1CC1. The summed E-state index contributed by atoms with van der Waals surface area (Å²) >= 11 is 0. The first kappa shape index (κ1) is 9.87. The molecule has 4 heteroatoms. The van der Waals surface area contributed by atoms with Gasteiger partial charge in [-0.1, -0.05) is 0 Å². The summed E-state index contributed by atoms with van der Waals surface area (Å²) in [6.45, 7) is 2.03. The van der Waals surface area contributed by atoms with Gasteiger partial charge in [-0.3, -0.25) is 0 Å². The molecule has 1 aromatic rings. The Kier molecular flexibility index (Phi) is 2.23. The molecule has 3 N–H and O–H groups in total. The van der Waals surface area contributed by atoms with Crippen molar-refractivity contribution in [1.82, 2.24) is 9.97 Å². The molecule has 16 heavy (non-hydrogen) atoms. The summed E-state index contributed by atoms with van der Waals surface area (Å²) in [5, 5.41) is 3.58. The van der Waals surface area contributed by atoms with Crippen molar-refractivity contribution in [3.05, 3.63) is 11.8 Å². The lowest BCUT2D eigenvalue weighted by atomic mass is 10.1. The van der Waals surface area contributed by atoms with Crippen LogP contribution in [0.5, 0.6) is 0 Å². The lowest BCUT2D eigenvalue weighted by Gasteiger charge is -2.19. The highest BCUT2D eigenvalue weighted by molar-refractivity contribution is 5.46. The summed E-state index contributed by atoms with van der Waals surface area (Å²) in [6, 6.07) is 0.619. The average molecular weight is 218 g/mol. The van der Waals surface area contributed by atoms with Gasteiger partial charge in [0.05, 0.1) is 0 Å². The van der Waals surface area contributed by atoms with Crippen LogP contribution in [0.3, 0.4) is 0 Å². The fourth-order valence-corrected chi connectivity index (χ4v) is 2.29. The van der Waals surface area contributed by atoms with E-state index in [1.807, 2.05) is 6.92 Å². The van der Waals surface area contributed by atoms with Gasteiger partial charge in [-0.05, 0) is 44.4 Å². The van der Waals surface area contributed by atoms with Crippen molar-refractivity contribution in [2.24, 2.45) is 11.8 Å². The zero-order chi connectivity index (χ0) is 11.1. The molecule has 0 bridgehead atoms. The minimum Gasteiger partial charge on any atom is -0.368 e. The van der Waals surface area contributed by atoms with Gasteiger partial charge in [0.25, 0.3) is 0 Å². The van der Waals surface area contributed by atoms with E-state index in [-0.39, 0.29) is 0 Å². The van der Waals surface area contributed by atoms with E-state index < -0.39 is 0 Å². The van der Waals surface area contributed by atoms with Crippen molar-refractivity contribution in [3.8, 4) is 0 Å². The molecule has 0 radical (unpaired) electrons. The monoisotopic (exact) mass is 218 g/mol. The van der Waals surface area contributed by atoms with E-state index >= 15 is 0 Å². The molecule has 0 spiro atoms. The zero-order valence-electron chi connectivity index (χ0n) is 9.61. The highest BCUT2D eigenvalue weighted by Gasteiger charge is 2.41. The summed E-state index contributed by atoms with van der Waals surface area (Å²) in [4.78, 5) is 8.28. The second kappa shape index (κ2) is 3.61. The van der Waals surface area contributed by atoms with Crippen molar-refractivity contribution in [2.45, 2.75) is 38.6 Å². The molecular weight excluding hydrogens is 200 g/mol. The Morgan fingerprint density at radius 2 is 1.94 bits per heavy atom. The molecule has 0 unspecified atom stereocenters. The molecule has 1 aromatic heterocycles. The number of hydrogen-bond acceptors (Lipinski definition) is 4. The predicted octanol–water partition coefficient (Wildman–Crippen LogP) is 1.97. The lowest BCUT2D eigenvalue weighted by molar-refractivity contribution is 0.565. The third kappa shape index (κ3) is 1.96. The summed E-state index contributed by atoms with van der Waals surface area (Å²) in [5.74, 6) is 3.01. The Bertz CT molecular complexity index is 384. The second-order valence-corrected chi connectivity index (χ2v) is 5.10. The van der Waals surface area contributed by atoms with E-state index in [0.29, 0.717) is 12.0 Å². The average Bonchev–Trinajstić information content (AvgIpc) is 3.13. The van der Waals surface area contributed by atoms with Crippen LogP contribution in [-0.4, -0.2) is 16.0 Å². The van der Waals surface area contributed by atoms with E-state index in [2.05, 4.69) is 15.3 Å². The zero-order valence-corrected chi connectivity index (χ0v) is 9.61. The van der Waals surface area contributed by atoms with E-state index in [1.165, 1.54) is 25.7 Å². The van der Waals surface area contributed by atoms with E-state index in [0.717, 1.165) is 23.2 Å².